The molecule has 1 aliphatic heterocycles. The highest BCUT2D eigenvalue weighted by molar-refractivity contribution is 5.77. The fourth-order valence-electron chi connectivity index (χ4n) is 3.50. The van der Waals surface area contributed by atoms with Crippen molar-refractivity contribution in [3.8, 4) is 0 Å². The van der Waals surface area contributed by atoms with Gasteiger partial charge in [-0.1, -0.05) is 0 Å². The van der Waals surface area contributed by atoms with Gasteiger partial charge in [0.2, 0.25) is 5.95 Å². The van der Waals surface area contributed by atoms with Crippen molar-refractivity contribution in [2.45, 2.75) is 19.4 Å². The van der Waals surface area contributed by atoms with E-state index in [-0.39, 0.29) is 11.1 Å². The summed E-state index contributed by atoms with van der Waals surface area (Å²) in [7, 11) is 1.76. The van der Waals surface area contributed by atoms with Gasteiger partial charge in [0.15, 0.2) is 0 Å². The first kappa shape index (κ1) is 16.4. The monoisotopic (exact) mass is 352 g/mol. The summed E-state index contributed by atoms with van der Waals surface area (Å²) in [6.45, 7) is 2.27. The van der Waals surface area contributed by atoms with E-state index in [1.807, 2.05) is 0 Å². The van der Waals surface area contributed by atoms with Crippen molar-refractivity contribution in [3.63, 3.8) is 0 Å². The molecule has 1 aliphatic rings. The molecule has 0 atom stereocenters. The van der Waals surface area contributed by atoms with Crippen molar-refractivity contribution >= 4 is 16.9 Å². The Morgan fingerprint density at radius 1 is 1.12 bits per heavy atom. The third-order valence-corrected chi connectivity index (χ3v) is 5.00. The number of hydrogen-bond acceptors (Lipinski definition) is 6. The summed E-state index contributed by atoms with van der Waals surface area (Å²) in [5.41, 5.74) is 0.541. The van der Waals surface area contributed by atoms with Crippen molar-refractivity contribution in [1.29, 1.82) is 0 Å². The molecule has 0 N–H and O–H groups in total. The lowest BCUT2D eigenvalue weighted by atomic mass is 9.97. The molecule has 0 aliphatic carbocycles. The zero-order valence-electron chi connectivity index (χ0n) is 14.6. The Labute approximate surface area is 149 Å². The fourth-order valence-corrected chi connectivity index (χ4v) is 3.50. The summed E-state index contributed by atoms with van der Waals surface area (Å²) in [6.07, 6.45) is 8.21. The van der Waals surface area contributed by atoms with E-state index in [1.54, 1.807) is 41.0 Å². The van der Waals surface area contributed by atoms with Crippen LogP contribution in [0.15, 0.2) is 46.6 Å². The van der Waals surface area contributed by atoms with Crippen LogP contribution in [-0.2, 0) is 13.6 Å². The maximum Gasteiger partial charge on any atom is 0.262 e. The summed E-state index contributed by atoms with van der Waals surface area (Å²) in [6, 6.07) is 3.18. The van der Waals surface area contributed by atoms with Crippen LogP contribution in [0.2, 0.25) is 0 Å². The van der Waals surface area contributed by atoms with E-state index >= 15 is 0 Å². The number of fused-ring (bicyclic) bond motifs is 1. The standard InChI is InChI=1S/C18H20N6O2/c1-22-17(26)14-2-6-19-10-15(14)21-18(22)23-8-4-13(5-9-23)11-24-12-20-7-3-16(24)25/h2-3,6-7,10,12-13H,4-5,8-9,11H2,1H3. The van der Waals surface area contributed by atoms with Gasteiger partial charge < -0.3 is 4.90 Å². The first-order valence-electron chi connectivity index (χ1n) is 8.69. The molecule has 0 amide bonds. The van der Waals surface area contributed by atoms with Crippen molar-refractivity contribution in [2.24, 2.45) is 13.0 Å². The van der Waals surface area contributed by atoms with Crippen LogP contribution in [0.1, 0.15) is 12.8 Å². The number of aromatic nitrogens is 5. The van der Waals surface area contributed by atoms with Gasteiger partial charge in [-0.25, -0.2) is 9.97 Å². The largest absolute Gasteiger partial charge is 0.342 e. The Bertz CT molecular complexity index is 1050. The van der Waals surface area contributed by atoms with Crippen LogP contribution in [0.3, 0.4) is 0 Å². The molecule has 8 heteroatoms. The number of anilines is 1. The second-order valence-corrected chi connectivity index (χ2v) is 6.67. The van der Waals surface area contributed by atoms with Gasteiger partial charge in [-0.2, -0.15) is 0 Å². The molecule has 0 bridgehead atoms. The second-order valence-electron chi connectivity index (χ2n) is 6.67. The lowest BCUT2D eigenvalue weighted by Crippen LogP contribution is -2.39. The molecule has 0 radical (unpaired) electrons. The summed E-state index contributed by atoms with van der Waals surface area (Å²) in [4.78, 5) is 39.3. The number of nitrogens with zero attached hydrogens (tertiary/aromatic N) is 6. The van der Waals surface area contributed by atoms with Gasteiger partial charge in [-0.3, -0.25) is 23.7 Å². The van der Waals surface area contributed by atoms with E-state index in [1.165, 1.54) is 12.3 Å². The van der Waals surface area contributed by atoms with E-state index in [9.17, 15) is 9.59 Å². The average Bonchev–Trinajstić information content (AvgIpc) is 2.67. The highest BCUT2D eigenvalue weighted by atomic mass is 16.1. The minimum atomic E-state index is -0.0589. The van der Waals surface area contributed by atoms with Crippen LogP contribution in [0.5, 0.6) is 0 Å². The third kappa shape index (κ3) is 2.98. The molecule has 1 fully saturated rings. The number of piperidine rings is 1. The Kier molecular flexibility index (Phi) is 4.24. The van der Waals surface area contributed by atoms with Crippen LogP contribution in [0.25, 0.3) is 10.9 Å². The van der Waals surface area contributed by atoms with Crippen molar-refractivity contribution < 1.29 is 0 Å². The topological polar surface area (TPSA) is 85.9 Å². The Hall–Kier alpha value is -3.03. The first-order chi connectivity index (χ1) is 12.6. The van der Waals surface area contributed by atoms with Crippen LogP contribution in [0, 0.1) is 5.92 Å². The van der Waals surface area contributed by atoms with Crippen LogP contribution in [0.4, 0.5) is 5.95 Å². The predicted octanol–water partition coefficient (Wildman–Crippen LogP) is 0.802. The minimum absolute atomic E-state index is 0.0199. The SMILES string of the molecule is Cn1c(N2CCC(Cn3cnccc3=O)CC2)nc2cnccc2c1=O. The summed E-state index contributed by atoms with van der Waals surface area (Å²) in [5.74, 6) is 1.08. The van der Waals surface area contributed by atoms with E-state index < -0.39 is 0 Å². The zero-order chi connectivity index (χ0) is 18.1. The minimum Gasteiger partial charge on any atom is -0.342 e. The molecular formula is C18H20N6O2. The maximum absolute atomic E-state index is 12.6. The number of rotatable bonds is 3. The highest BCUT2D eigenvalue weighted by Gasteiger charge is 2.23. The summed E-state index contributed by atoms with van der Waals surface area (Å²) < 4.78 is 3.27. The Morgan fingerprint density at radius 3 is 2.65 bits per heavy atom. The molecule has 0 saturated carbocycles. The van der Waals surface area contributed by atoms with Crippen molar-refractivity contribution in [3.05, 3.63) is 57.8 Å². The molecule has 0 spiro atoms. The fraction of sp³-hybridized carbons (Fsp3) is 0.389. The molecule has 134 valence electrons. The van der Waals surface area contributed by atoms with Gasteiger partial charge in [-0.05, 0) is 24.8 Å². The van der Waals surface area contributed by atoms with Gasteiger partial charge in [-0.15, -0.1) is 0 Å². The van der Waals surface area contributed by atoms with Crippen LogP contribution in [-0.4, -0.2) is 37.2 Å². The zero-order valence-corrected chi connectivity index (χ0v) is 14.6. The number of hydrogen-bond donors (Lipinski definition) is 0. The quantitative estimate of drug-likeness (QED) is 0.693. The van der Waals surface area contributed by atoms with E-state index in [0.717, 1.165) is 25.9 Å². The van der Waals surface area contributed by atoms with Crippen LogP contribution < -0.4 is 16.0 Å². The highest BCUT2D eigenvalue weighted by Crippen LogP contribution is 2.23. The molecule has 0 aromatic carbocycles. The van der Waals surface area contributed by atoms with Crippen molar-refractivity contribution in [2.75, 3.05) is 18.0 Å². The lowest BCUT2D eigenvalue weighted by Gasteiger charge is -2.33. The Balaban J connectivity index is 1.52. The molecule has 4 rings (SSSR count). The van der Waals surface area contributed by atoms with E-state index in [0.29, 0.717) is 29.3 Å². The summed E-state index contributed by atoms with van der Waals surface area (Å²) >= 11 is 0. The molecular weight excluding hydrogens is 332 g/mol. The summed E-state index contributed by atoms with van der Waals surface area (Å²) in [5, 5.41) is 0.581. The lowest BCUT2D eigenvalue weighted by molar-refractivity contribution is 0.348. The first-order valence-corrected chi connectivity index (χ1v) is 8.69. The number of pyridine rings is 1. The van der Waals surface area contributed by atoms with E-state index in [2.05, 4.69) is 19.9 Å². The molecule has 8 nitrogen and oxygen atoms in total. The molecule has 26 heavy (non-hydrogen) atoms. The molecule has 0 unspecified atom stereocenters. The van der Waals surface area contributed by atoms with Crippen LogP contribution >= 0.6 is 0 Å². The second kappa shape index (κ2) is 6.70. The molecule has 3 aromatic heterocycles. The molecule has 3 aromatic rings. The predicted molar refractivity (Wildman–Crippen MR) is 98.2 cm³/mol. The normalized spacial score (nSPS) is 15.5. The van der Waals surface area contributed by atoms with E-state index in [4.69, 9.17) is 0 Å². The van der Waals surface area contributed by atoms with Crippen molar-refractivity contribution in [1.82, 2.24) is 24.1 Å². The van der Waals surface area contributed by atoms with Gasteiger partial charge >= 0.3 is 0 Å². The average molecular weight is 352 g/mol. The third-order valence-electron chi connectivity index (χ3n) is 5.00. The smallest absolute Gasteiger partial charge is 0.262 e. The molecule has 4 heterocycles. The van der Waals surface area contributed by atoms with Gasteiger partial charge in [0.05, 0.1) is 23.4 Å². The molecule has 1 saturated heterocycles. The maximum atomic E-state index is 12.6. The van der Waals surface area contributed by atoms with Gasteiger partial charge in [0.25, 0.3) is 11.1 Å². The van der Waals surface area contributed by atoms with Gasteiger partial charge in [0, 0.05) is 45.1 Å². The Morgan fingerprint density at radius 2 is 1.88 bits per heavy atom. The van der Waals surface area contributed by atoms with Gasteiger partial charge in [0.1, 0.15) is 0 Å².